The van der Waals surface area contributed by atoms with Crippen molar-refractivity contribution in [1.82, 2.24) is 9.80 Å². The Morgan fingerprint density at radius 3 is 2.60 bits per heavy atom. The number of nitrogens with zero attached hydrogens (tertiary/aromatic N) is 2. The average molecular weight is 298 g/mol. The van der Waals surface area contributed by atoms with E-state index in [1.165, 1.54) is 4.90 Å². The number of carboxylic acids is 1. The maximum atomic E-state index is 12.4. The molecule has 1 N–H and O–H groups in total. The van der Waals surface area contributed by atoms with E-state index >= 15 is 0 Å². The molecule has 9 heteroatoms. The van der Waals surface area contributed by atoms with Gasteiger partial charge in [0.05, 0.1) is 12.7 Å². The third-order valence-corrected chi connectivity index (χ3v) is 2.83. The van der Waals surface area contributed by atoms with Crippen LogP contribution in [0.2, 0.25) is 0 Å². The van der Waals surface area contributed by atoms with Gasteiger partial charge in [0.1, 0.15) is 13.1 Å². The lowest BCUT2D eigenvalue weighted by Gasteiger charge is -2.36. The first-order valence-corrected chi connectivity index (χ1v) is 6.17. The third kappa shape index (κ3) is 5.24. The lowest BCUT2D eigenvalue weighted by atomic mass is 10.2. The quantitative estimate of drug-likeness (QED) is 0.845. The van der Waals surface area contributed by atoms with Crippen molar-refractivity contribution < 1.29 is 32.6 Å². The number of urea groups is 1. The zero-order valence-electron chi connectivity index (χ0n) is 11.0. The van der Waals surface area contributed by atoms with Crippen LogP contribution in [0, 0.1) is 0 Å². The number of alkyl halides is 3. The van der Waals surface area contributed by atoms with Crippen LogP contribution < -0.4 is 0 Å². The highest BCUT2D eigenvalue weighted by Crippen LogP contribution is 2.18. The zero-order chi connectivity index (χ0) is 15.3. The molecule has 1 saturated heterocycles. The monoisotopic (exact) mass is 298 g/mol. The molecule has 0 aromatic rings. The molecule has 6 nitrogen and oxygen atoms in total. The predicted octanol–water partition coefficient (Wildman–Crippen LogP) is 1.17. The van der Waals surface area contributed by atoms with Gasteiger partial charge in [0.2, 0.25) is 0 Å². The minimum absolute atomic E-state index is 0.156. The average Bonchev–Trinajstić information content (AvgIpc) is 2.35. The van der Waals surface area contributed by atoms with Crippen LogP contribution in [0.15, 0.2) is 0 Å². The van der Waals surface area contributed by atoms with E-state index in [0.717, 1.165) is 0 Å². The molecule has 1 atom stereocenters. The zero-order valence-corrected chi connectivity index (χ0v) is 11.0. The molecule has 1 rings (SSSR count). The van der Waals surface area contributed by atoms with Crippen LogP contribution in [0.4, 0.5) is 18.0 Å². The number of rotatable bonds is 4. The molecule has 1 heterocycles. The van der Waals surface area contributed by atoms with Crippen molar-refractivity contribution in [3.05, 3.63) is 0 Å². The summed E-state index contributed by atoms with van der Waals surface area (Å²) in [5.74, 6) is -1.48. The van der Waals surface area contributed by atoms with Crippen molar-refractivity contribution >= 4 is 12.0 Å². The molecule has 20 heavy (non-hydrogen) atoms. The molecule has 0 spiro atoms. The molecule has 1 fully saturated rings. The smallest absolute Gasteiger partial charge is 0.406 e. The fourth-order valence-corrected chi connectivity index (χ4v) is 1.91. The van der Waals surface area contributed by atoms with Gasteiger partial charge in [-0.2, -0.15) is 13.2 Å². The van der Waals surface area contributed by atoms with Crippen molar-refractivity contribution in [3.63, 3.8) is 0 Å². The van der Waals surface area contributed by atoms with E-state index in [0.29, 0.717) is 11.3 Å². The Hall–Kier alpha value is -1.51. The molecule has 0 aromatic heterocycles. The molecular formula is C11H17F3N2O4. The van der Waals surface area contributed by atoms with Gasteiger partial charge in [0.25, 0.3) is 0 Å². The van der Waals surface area contributed by atoms with Crippen molar-refractivity contribution in [2.24, 2.45) is 0 Å². The molecule has 0 radical (unpaired) electrons. The van der Waals surface area contributed by atoms with Gasteiger partial charge < -0.3 is 19.6 Å². The van der Waals surface area contributed by atoms with Crippen LogP contribution in [0.1, 0.15) is 13.3 Å². The maximum absolute atomic E-state index is 12.4. The van der Waals surface area contributed by atoms with Gasteiger partial charge in [0, 0.05) is 13.1 Å². The SMILES string of the molecule is CCC1CN(C(=O)N(CC(=O)O)CC(F)(F)F)CCO1. The van der Waals surface area contributed by atoms with E-state index in [4.69, 9.17) is 9.84 Å². The number of morpholine rings is 1. The number of carbonyl (C=O) groups excluding carboxylic acids is 1. The van der Waals surface area contributed by atoms with Crippen molar-refractivity contribution in [2.45, 2.75) is 25.6 Å². The number of carboxylic acid groups (broad SMARTS) is 1. The first kappa shape index (κ1) is 16.5. The minimum atomic E-state index is -4.64. The van der Waals surface area contributed by atoms with Gasteiger partial charge in [0.15, 0.2) is 0 Å². The summed E-state index contributed by atoms with van der Waals surface area (Å²) in [4.78, 5) is 24.1. The topological polar surface area (TPSA) is 70.1 Å². The molecule has 116 valence electrons. The normalized spacial score (nSPS) is 19.8. The van der Waals surface area contributed by atoms with Crippen molar-refractivity contribution in [3.8, 4) is 0 Å². The van der Waals surface area contributed by atoms with Crippen LogP contribution in [0.5, 0.6) is 0 Å². The molecule has 2 amide bonds. The van der Waals surface area contributed by atoms with Gasteiger partial charge in [-0.05, 0) is 6.42 Å². The van der Waals surface area contributed by atoms with E-state index in [-0.39, 0.29) is 25.8 Å². The van der Waals surface area contributed by atoms with Crippen molar-refractivity contribution in [2.75, 3.05) is 32.8 Å². The molecule has 1 aliphatic heterocycles. The van der Waals surface area contributed by atoms with E-state index in [9.17, 15) is 22.8 Å². The van der Waals surface area contributed by atoms with E-state index in [1.807, 2.05) is 6.92 Å². The highest BCUT2D eigenvalue weighted by Gasteiger charge is 2.36. The number of hydrogen-bond donors (Lipinski definition) is 1. The largest absolute Gasteiger partial charge is 0.480 e. The fraction of sp³-hybridized carbons (Fsp3) is 0.818. The van der Waals surface area contributed by atoms with Gasteiger partial charge in [-0.3, -0.25) is 4.79 Å². The minimum Gasteiger partial charge on any atom is -0.480 e. The summed E-state index contributed by atoms with van der Waals surface area (Å²) < 4.78 is 42.5. The van der Waals surface area contributed by atoms with E-state index in [2.05, 4.69) is 0 Å². The first-order chi connectivity index (χ1) is 9.23. The summed E-state index contributed by atoms with van der Waals surface area (Å²) in [6.07, 6.45) is -4.24. The van der Waals surface area contributed by atoms with E-state index in [1.54, 1.807) is 0 Å². The lowest BCUT2D eigenvalue weighted by Crippen LogP contribution is -2.53. The Balaban J connectivity index is 2.73. The van der Waals surface area contributed by atoms with Gasteiger partial charge >= 0.3 is 18.2 Å². The number of aliphatic carboxylic acids is 1. The van der Waals surface area contributed by atoms with Gasteiger partial charge in [-0.1, -0.05) is 6.92 Å². The Kier molecular flexibility index (Phi) is 5.61. The molecule has 1 aliphatic rings. The summed E-state index contributed by atoms with van der Waals surface area (Å²) in [7, 11) is 0. The molecular weight excluding hydrogens is 281 g/mol. The second-order valence-corrected chi connectivity index (χ2v) is 4.49. The Bertz CT molecular complexity index is 362. The van der Waals surface area contributed by atoms with Crippen LogP contribution in [0.3, 0.4) is 0 Å². The first-order valence-electron chi connectivity index (χ1n) is 6.17. The van der Waals surface area contributed by atoms with Crippen LogP contribution in [-0.2, 0) is 9.53 Å². The Labute approximate surface area is 114 Å². The number of amides is 2. The number of hydrogen-bond acceptors (Lipinski definition) is 3. The van der Waals surface area contributed by atoms with Crippen molar-refractivity contribution in [1.29, 1.82) is 0 Å². The van der Waals surface area contributed by atoms with Gasteiger partial charge in [-0.25, -0.2) is 4.79 Å². The Morgan fingerprint density at radius 2 is 2.10 bits per heavy atom. The standard InChI is InChI=1S/C11H17F3N2O4/c1-2-8-5-15(3-4-20-8)10(19)16(6-9(17)18)7-11(12,13)14/h8H,2-7H2,1H3,(H,17,18). The number of carbonyl (C=O) groups is 2. The highest BCUT2D eigenvalue weighted by molar-refractivity contribution is 5.80. The predicted molar refractivity (Wildman–Crippen MR) is 62.3 cm³/mol. The second kappa shape index (κ2) is 6.78. The fourth-order valence-electron chi connectivity index (χ4n) is 1.91. The number of ether oxygens (including phenoxy) is 1. The van der Waals surface area contributed by atoms with Gasteiger partial charge in [-0.15, -0.1) is 0 Å². The highest BCUT2D eigenvalue weighted by atomic mass is 19.4. The molecule has 0 aliphatic carbocycles. The molecule has 0 saturated carbocycles. The summed E-state index contributed by atoms with van der Waals surface area (Å²) in [5.41, 5.74) is 0. The van der Waals surface area contributed by atoms with Crippen LogP contribution in [0.25, 0.3) is 0 Å². The van der Waals surface area contributed by atoms with Crippen LogP contribution in [-0.4, -0.2) is 72.0 Å². The summed E-state index contributed by atoms with van der Waals surface area (Å²) in [6, 6.07) is -0.925. The summed E-state index contributed by atoms with van der Waals surface area (Å²) in [5, 5.41) is 8.62. The lowest BCUT2D eigenvalue weighted by molar-refractivity contribution is -0.150. The summed E-state index contributed by atoms with van der Waals surface area (Å²) in [6.45, 7) is -0.161. The maximum Gasteiger partial charge on any atom is 0.406 e. The third-order valence-electron chi connectivity index (χ3n) is 2.83. The Morgan fingerprint density at radius 1 is 1.45 bits per heavy atom. The molecule has 0 bridgehead atoms. The molecule has 1 unspecified atom stereocenters. The van der Waals surface area contributed by atoms with Crippen LogP contribution >= 0.6 is 0 Å². The summed E-state index contributed by atoms with van der Waals surface area (Å²) >= 11 is 0. The second-order valence-electron chi connectivity index (χ2n) is 4.49. The number of halogens is 3. The van der Waals surface area contributed by atoms with E-state index < -0.39 is 31.3 Å². The molecule has 0 aromatic carbocycles.